The lowest BCUT2D eigenvalue weighted by molar-refractivity contribution is 0.608. The van der Waals surface area contributed by atoms with E-state index in [0.717, 1.165) is 10.0 Å². The van der Waals surface area contributed by atoms with Gasteiger partial charge in [0.05, 0.1) is 5.39 Å². The number of hydrogen-bond donors (Lipinski definition) is 0. The van der Waals surface area contributed by atoms with Crippen LogP contribution in [0.15, 0.2) is 62.2 Å². The first-order valence-corrected chi connectivity index (χ1v) is 6.42. The van der Waals surface area contributed by atoms with E-state index in [1.54, 1.807) is 0 Å². The van der Waals surface area contributed by atoms with Crippen molar-refractivity contribution in [2.24, 2.45) is 0 Å². The van der Waals surface area contributed by atoms with Crippen molar-refractivity contribution in [2.45, 2.75) is 0 Å². The average molecular weight is 319 g/mol. The molecule has 2 nitrogen and oxygen atoms in total. The predicted molar refractivity (Wildman–Crippen MR) is 75.6 cm³/mol. The van der Waals surface area contributed by atoms with E-state index in [2.05, 4.69) is 15.9 Å². The summed E-state index contributed by atoms with van der Waals surface area (Å²) >= 11 is 3.35. The van der Waals surface area contributed by atoms with Gasteiger partial charge in [-0.2, -0.15) is 0 Å². The Labute approximate surface area is 116 Å². The molecule has 0 aliphatic rings. The maximum Gasteiger partial charge on any atom is 0.193 e. The molecule has 4 heteroatoms. The van der Waals surface area contributed by atoms with Gasteiger partial charge in [0, 0.05) is 16.1 Å². The summed E-state index contributed by atoms with van der Waals surface area (Å²) in [5.41, 5.74) is 0.928. The molecule has 0 aliphatic carbocycles. The predicted octanol–water partition coefficient (Wildman–Crippen LogP) is 4.36. The SMILES string of the molecule is O=c1cc(-c2ccc(Br)cc2)oc2ccc(F)cc12. The third-order valence-electron chi connectivity index (χ3n) is 2.82. The van der Waals surface area contributed by atoms with Crippen LogP contribution >= 0.6 is 15.9 Å². The second kappa shape index (κ2) is 4.63. The van der Waals surface area contributed by atoms with Crippen molar-refractivity contribution in [3.05, 3.63) is 69.0 Å². The van der Waals surface area contributed by atoms with E-state index >= 15 is 0 Å². The van der Waals surface area contributed by atoms with E-state index in [1.165, 1.54) is 24.3 Å². The average Bonchev–Trinajstić information content (AvgIpc) is 2.40. The van der Waals surface area contributed by atoms with Gasteiger partial charge in [0.25, 0.3) is 0 Å². The van der Waals surface area contributed by atoms with Crippen molar-refractivity contribution in [1.29, 1.82) is 0 Å². The van der Waals surface area contributed by atoms with E-state index in [1.807, 2.05) is 24.3 Å². The maximum absolute atomic E-state index is 13.1. The van der Waals surface area contributed by atoms with Gasteiger partial charge in [-0.1, -0.05) is 28.1 Å². The Hall–Kier alpha value is -1.94. The molecule has 94 valence electrons. The highest BCUT2D eigenvalue weighted by atomic mass is 79.9. The monoisotopic (exact) mass is 318 g/mol. The zero-order valence-corrected chi connectivity index (χ0v) is 11.3. The normalized spacial score (nSPS) is 10.8. The molecular weight excluding hydrogens is 311 g/mol. The second-order valence-electron chi connectivity index (χ2n) is 4.12. The van der Waals surface area contributed by atoms with E-state index < -0.39 is 5.82 Å². The number of halogens is 2. The molecule has 19 heavy (non-hydrogen) atoms. The first-order chi connectivity index (χ1) is 9.13. The van der Waals surface area contributed by atoms with Crippen molar-refractivity contribution in [3.8, 4) is 11.3 Å². The molecule has 0 saturated heterocycles. The van der Waals surface area contributed by atoms with Crippen LogP contribution in [0.2, 0.25) is 0 Å². The molecule has 0 aliphatic heterocycles. The van der Waals surface area contributed by atoms with Crippen LogP contribution in [0.3, 0.4) is 0 Å². The summed E-state index contributed by atoms with van der Waals surface area (Å²) < 4.78 is 19.7. The van der Waals surface area contributed by atoms with E-state index in [-0.39, 0.29) is 10.8 Å². The molecule has 0 unspecified atom stereocenters. The third kappa shape index (κ3) is 2.31. The molecule has 1 heterocycles. The molecular formula is C15H8BrFO2. The van der Waals surface area contributed by atoms with Crippen molar-refractivity contribution in [2.75, 3.05) is 0 Å². The lowest BCUT2D eigenvalue weighted by Crippen LogP contribution is -2.00. The maximum atomic E-state index is 13.1. The molecule has 3 aromatic rings. The Kier molecular flexibility index (Phi) is 2.95. The number of benzene rings is 2. The van der Waals surface area contributed by atoms with Crippen molar-refractivity contribution in [1.82, 2.24) is 0 Å². The molecule has 0 amide bonds. The van der Waals surface area contributed by atoms with Crippen LogP contribution < -0.4 is 5.43 Å². The molecule has 0 radical (unpaired) electrons. The quantitative estimate of drug-likeness (QED) is 0.667. The molecule has 0 bridgehead atoms. The summed E-state index contributed by atoms with van der Waals surface area (Å²) in [5, 5.41) is 0.251. The first kappa shape index (κ1) is 12.1. The molecule has 0 saturated carbocycles. The van der Waals surface area contributed by atoms with Crippen LogP contribution in [0.4, 0.5) is 4.39 Å². The fourth-order valence-electron chi connectivity index (χ4n) is 1.88. The number of fused-ring (bicyclic) bond motifs is 1. The van der Waals surface area contributed by atoms with Crippen LogP contribution in [0.1, 0.15) is 0 Å². The van der Waals surface area contributed by atoms with Crippen molar-refractivity contribution >= 4 is 26.9 Å². The molecule has 0 fully saturated rings. The van der Waals surface area contributed by atoms with Gasteiger partial charge >= 0.3 is 0 Å². The van der Waals surface area contributed by atoms with Gasteiger partial charge < -0.3 is 4.42 Å². The smallest absolute Gasteiger partial charge is 0.193 e. The van der Waals surface area contributed by atoms with Crippen molar-refractivity contribution < 1.29 is 8.81 Å². The van der Waals surface area contributed by atoms with Crippen LogP contribution in [-0.2, 0) is 0 Å². The van der Waals surface area contributed by atoms with Gasteiger partial charge in [-0.15, -0.1) is 0 Å². The standard InChI is InChI=1S/C15H8BrFO2/c16-10-3-1-9(2-4-10)15-8-13(18)12-7-11(17)5-6-14(12)19-15/h1-8H. The zero-order chi connectivity index (χ0) is 13.4. The van der Waals surface area contributed by atoms with Crippen LogP contribution in [0.25, 0.3) is 22.3 Å². The topological polar surface area (TPSA) is 30.2 Å². The van der Waals surface area contributed by atoms with Gasteiger partial charge in [-0.25, -0.2) is 4.39 Å². The van der Waals surface area contributed by atoms with Gasteiger partial charge in [0.2, 0.25) is 0 Å². The van der Waals surface area contributed by atoms with Crippen LogP contribution in [0.5, 0.6) is 0 Å². The summed E-state index contributed by atoms with van der Waals surface area (Å²) in [4.78, 5) is 12.0. The summed E-state index contributed by atoms with van der Waals surface area (Å²) in [7, 11) is 0. The third-order valence-corrected chi connectivity index (χ3v) is 3.35. The van der Waals surface area contributed by atoms with Gasteiger partial charge in [-0.05, 0) is 30.3 Å². The molecule has 1 aromatic heterocycles. The van der Waals surface area contributed by atoms with Crippen LogP contribution in [-0.4, -0.2) is 0 Å². The number of rotatable bonds is 1. The minimum atomic E-state index is -0.448. The lowest BCUT2D eigenvalue weighted by Gasteiger charge is -2.03. The Morgan fingerprint density at radius 2 is 1.74 bits per heavy atom. The summed E-state index contributed by atoms with van der Waals surface area (Å²) in [5.74, 6) is 0.0211. The molecule has 3 rings (SSSR count). The van der Waals surface area contributed by atoms with Gasteiger partial charge in [0.1, 0.15) is 17.2 Å². The highest BCUT2D eigenvalue weighted by Crippen LogP contribution is 2.24. The van der Waals surface area contributed by atoms with E-state index in [9.17, 15) is 9.18 Å². The summed E-state index contributed by atoms with van der Waals surface area (Å²) in [6.45, 7) is 0. The highest BCUT2D eigenvalue weighted by Gasteiger charge is 2.07. The zero-order valence-electron chi connectivity index (χ0n) is 9.69. The minimum Gasteiger partial charge on any atom is -0.456 e. The van der Waals surface area contributed by atoms with Gasteiger partial charge in [0.15, 0.2) is 5.43 Å². The van der Waals surface area contributed by atoms with Gasteiger partial charge in [-0.3, -0.25) is 4.79 Å². The first-order valence-electron chi connectivity index (χ1n) is 5.63. The largest absolute Gasteiger partial charge is 0.456 e. The molecule has 0 atom stereocenters. The second-order valence-corrected chi connectivity index (χ2v) is 5.04. The summed E-state index contributed by atoms with van der Waals surface area (Å²) in [6, 6.07) is 12.7. The van der Waals surface area contributed by atoms with E-state index in [4.69, 9.17) is 4.42 Å². The minimum absolute atomic E-state index is 0.251. The highest BCUT2D eigenvalue weighted by molar-refractivity contribution is 9.10. The summed E-state index contributed by atoms with van der Waals surface area (Å²) in [6.07, 6.45) is 0. The number of hydrogen-bond acceptors (Lipinski definition) is 2. The lowest BCUT2D eigenvalue weighted by atomic mass is 10.1. The molecule has 0 spiro atoms. The fraction of sp³-hybridized carbons (Fsp3) is 0. The van der Waals surface area contributed by atoms with E-state index in [0.29, 0.717) is 11.3 Å². The Bertz CT molecular complexity index is 806. The Balaban J connectivity index is 2.24. The van der Waals surface area contributed by atoms with Crippen LogP contribution in [0, 0.1) is 5.82 Å². The van der Waals surface area contributed by atoms with Crippen molar-refractivity contribution in [3.63, 3.8) is 0 Å². The molecule has 0 N–H and O–H groups in total. The Morgan fingerprint density at radius 1 is 1.00 bits per heavy atom. The Morgan fingerprint density at radius 3 is 2.47 bits per heavy atom. The fourth-order valence-corrected chi connectivity index (χ4v) is 2.15. The molecule has 2 aromatic carbocycles.